The number of amides is 4. The highest BCUT2D eigenvalue weighted by atomic mass is 32.2. The Kier molecular flexibility index (Phi) is 12.8. The first-order chi connectivity index (χ1) is 26.1. The summed E-state index contributed by atoms with van der Waals surface area (Å²) in [6, 6.07) is 3.95. The van der Waals surface area contributed by atoms with Crippen molar-refractivity contribution >= 4 is 50.6 Å². The third-order valence-electron chi connectivity index (χ3n) is 12.2. The molecule has 1 aromatic heterocycles. The van der Waals surface area contributed by atoms with E-state index >= 15 is 0 Å². The van der Waals surface area contributed by atoms with Crippen LogP contribution in [0.1, 0.15) is 120 Å². The summed E-state index contributed by atoms with van der Waals surface area (Å²) in [5, 5.41) is 6.46. The Bertz CT molecular complexity index is 1820. The zero-order chi connectivity index (χ0) is 39.5. The predicted molar refractivity (Wildman–Crippen MR) is 208 cm³/mol. The molecule has 3 atom stereocenters. The average molecular weight is 787 g/mol. The molecule has 4 amide bonds. The highest BCUT2D eigenvalue weighted by Gasteiger charge is 2.47. The van der Waals surface area contributed by atoms with Crippen molar-refractivity contribution in [3.05, 3.63) is 29.5 Å². The van der Waals surface area contributed by atoms with Crippen LogP contribution in [0.4, 0.5) is 14.9 Å². The fourth-order valence-corrected chi connectivity index (χ4v) is 10.6. The van der Waals surface area contributed by atoms with Crippen molar-refractivity contribution in [2.75, 3.05) is 31.6 Å². The van der Waals surface area contributed by atoms with Gasteiger partial charge >= 0.3 is 16.3 Å². The Balaban J connectivity index is 1.14. The summed E-state index contributed by atoms with van der Waals surface area (Å²) < 4.78 is 48.8. The summed E-state index contributed by atoms with van der Waals surface area (Å²) in [4.78, 5) is 59.0. The SMILES string of the molecule is Cc1c(C(=O)NS(=O)(=O)N2CCCCC2)[nH]c2ccc(NC(=O)[C@@H]3[C@H](C4CCCCC4)CCN3C(=O)[C@H]3CC[C@H]([C@@H](CF)NC(=O)OC(C)(C)C)CC3)cc12. The van der Waals surface area contributed by atoms with Gasteiger partial charge in [0.1, 0.15) is 24.0 Å². The number of H-pyrrole nitrogens is 1. The Labute approximate surface area is 324 Å². The Morgan fingerprint density at radius 2 is 1.60 bits per heavy atom. The van der Waals surface area contributed by atoms with Gasteiger partial charge in [-0.1, -0.05) is 38.5 Å². The van der Waals surface area contributed by atoms with E-state index in [2.05, 4.69) is 20.3 Å². The number of piperidine rings is 1. The molecule has 1 aromatic carbocycles. The third-order valence-corrected chi connectivity index (χ3v) is 13.7. The van der Waals surface area contributed by atoms with Crippen molar-refractivity contribution in [2.45, 2.75) is 129 Å². The van der Waals surface area contributed by atoms with E-state index in [0.717, 1.165) is 51.4 Å². The molecule has 4 fully saturated rings. The minimum Gasteiger partial charge on any atom is -0.444 e. The van der Waals surface area contributed by atoms with Crippen molar-refractivity contribution in [1.29, 1.82) is 0 Å². The van der Waals surface area contributed by atoms with Gasteiger partial charge in [0.2, 0.25) is 11.8 Å². The lowest BCUT2D eigenvalue weighted by molar-refractivity contribution is -0.142. The van der Waals surface area contributed by atoms with Crippen molar-refractivity contribution in [2.24, 2.45) is 23.7 Å². The van der Waals surface area contributed by atoms with Crippen LogP contribution in [0.5, 0.6) is 0 Å². The number of nitrogens with zero attached hydrogens (tertiary/aromatic N) is 2. The van der Waals surface area contributed by atoms with Crippen molar-refractivity contribution in [1.82, 2.24) is 24.2 Å². The van der Waals surface area contributed by atoms with Crippen molar-refractivity contribution < 1.29 is 36.7 Å². The number of carbonyl (C=O) groups is 4. The van der Waals surface area contributed by atoms with E-state index < -0.39 is 46.6 Å². The highest BCUT2D eigenvalue weighted by Crippen LogP contribution is 2.41. The molecule has 0 spiro atoms. The number of fused-ring (bicyclic) bond motifs is 1. The zero-order valence-corrected chi connectivity index (χ0v) is 33.6. The number of benzene rings is 1. The molecule has 2 saturated carbocycles. The molecule has 2 aliphatic carbocycles. The molecule has 2 aliphatic heterocycles. The van der Waals surface area contributed by atoms with Crippen LogP contribution in [0, 0.1) is 30.6 Å². The lowest BCUT2D eigenvalue weighted by atomic mass is 9.76. The number of ether oxygens (including phenoxy) is 1. The molecule has 4 aliphatic rings. The van der Waals surface area contributed by atoms with Crippen molar-refractivity contribution in [3.8, 4) is 0 Å². The molecule has 0 radical (unpaired) electrons. The predicted octanol–water partition coefficient (Wildman–Crippen LogP) is 6.34. The van der Waals surface area contributed by atoms with E-state index in [1.54, 1.807) is 50.8 Å². The number of aromatic nitrogens is 1. The first-order valence-electron chi connectivity index (χ1n) is 20.3. The quantitative estimate of drug-likeness (QED) is 0.218. The first-order valence-corrected chi connectivity index (χ1v) is 21.7. The van der Waals surface area contributed by atoms with Gasteiger partial charge in [-0.3, -0.25) is 14.4 Å². The molecule has 3 heterocycles. The fraction of sp³-hybridized carbons (Fsp3) is 0.700. The highest BCUT2D eigenvalue weighted by molar-refractivity contribution is 7.87. The number of alkyl carbamates (subject to hydrolysis) is 1. The fourth-order valence-electron chi connectivity index (χ4n) is 9.39. The number of halogens is 1. The summed E-state index contributed by atoms with van der Waals surface area (Å²) in [6.45, 7) is 7.54. The number of anilines is 1. The first kappa shape index (κ1) is 40.9. The molecular weight excluding hydrogens is 728 g/mol. The topological polar surface area (TPSA) is 170 Å². The molecule has 2 saturated heterocycles. The minimum absolute atomic E-state index is 0.0319. The molecule has 55 heavy (non-hydrogen) atoms. The number of alkyl halides is 1. The van der Waals surface area contributed by atoms with Crippen LogP contribution in [0.25, 0.3) is 10.9 Å². The van der Waals surface area contributed by atoms with Crippen LogP contribution in [0.2, 0.25) is 0 Å². The second-order valence-corrected chi connectivity index (χ2v) is 18.8. The summed E-state index contributed by atoms with van der Waals surface area (Å²) in [5.74, 6) is -1.06. The lowest BCUT2D eigenvalue weighted by Gasteiger charge is -2.37. The van der Waals surface area contributed by atoms with E-state index in [0.29, 0.717) is 73.4 Å². The number of carbonyl (C=O) groups excluding carboxylic acids is 4. The second-order valence-electron chi connectivity index (χ2n) is 17.1. The zero-order valence-electron chi connectivity index (χ0n) is 32.8. The van der Waals surface area contributed by atoms with Gasteiger partial charge in [0, 0.05) is 42.1 Å². The maximum absolute atomic E-state index is 14.3. The van der Waals surface area contributed by atoms with Gasteiger partial charge in [-0.25, -0.2) is 13.9 Å². The monoisotopic (exact) mass is 786 g/mol. The number of likely N-dealkylation sites (tertiary alicyclic amines) is 1. The lowest BCUT2D eigenvalue weighted by Crippen LogP contribution is -2.50. The molecule has 0 unspecified atom stereocenters. The summed E-state index contributed by atoms with van der Waals surface area (Å²) in [5.41, 5.74) is 1.14. The molecule has 4 N–H and O–H groups in total. The molecule has 6 rings (SSSR count). The molecule has 2 aromatic rings. The van der Waals surface area contributed by atoms with E-state index in [1.165, 1.54) is 10.7 Å². The number of hydrogen-bond donors (Lipinski definition) is 4. The maximum atomic E-state index is 14.3. The molecule has 304 valence electrons. The van der Waals surface area contributed by atoms with Gasteiger partial charge in [-0.2, -0.15) is 12.7 Å². The minimum atomic E-state index is -3.98. The van der Waals surface area contributed by atoms with Gasteiger partial charge in [-0.05, 0) is 114 Å². The van der Waals surface area contributed by atoms with E-state index in [1.807, 2.05) is 0 Å². The number of aromatic amines is 1. The summed E-state index contributed by atoms with van der Waals surface area (Å²) >= 11 is 0. The van der Waals surface area contributed by atoms with Crippen LogP contribution in [-0.2, 0) is 24.5 Å². The smallest absolute Gasteiger partial charge is 0.407 e. The second kappa shape index (κ2) is 17.2. The maximum Gasteiger partial charge on any atom is 0.407 e. The van der Waals surface area contributed by atoms with E-state index in [4.69, 9.17) is 4.74 Å². The Hall–Kier alpha value is -3.72. The number of aryl methyl sites for hydroxylation is 1. The van der Waals surface area contributed by atoms with Gasteiger partial charge in [0.05, 0.1) is 6.04 Å². The standard InChI is InChI=1S/C40H59FN6O7S/c1-25-31-23-29(17-18-32(31)43-34(25)36(48)45-55(52,53)46-20-9-6-10-21-46)42-37(49)35-30(26-11-7-5-8-12-26)19-22-47(35)38(50)28-15-13-27(14-16-28)33(24-41)44-39(51)54-40(2,3)4/h17-18,23,26-28,30,33,35,43H,5-16,19-22,24H2,1-4H3,(H,42,49)(H,44,51)(H,45,48)/t27-,28-,30-,33+,35-/m0/s1. The summed E-state index contributed by atoms with van der Waals surface area (Å²) in [7, 11) is -3.98. The number of nitrogens with one attached hydrogen (secondary N) is 4. The van der Waals surface area contributed by atoms with Gasteiger partial charge in [0.25, 0.3) is 5.91 Å². The van der Waals surface area contributed by atoms with Crippen LogP contribution in [0.3, 0.4) is 0 Å². The normalized spacial score (nSPS) is 25.0. The van der Waals surface area contributed by atoms with Gasteiger partial charge < -0.3 is 25.3 Å². The van der Waals surface area contributed by atoms with E-state index in [9.17, 15) is 32.0 Å². The average Bonchev–Trinajstić information content (AvgIpc) is 3.75. The largest absolute Gasteiger partial charge is 0.444 e. The van der Waals surface area contributed by atoms with Gasteiger partial charge in [-0.15, -0.1) is 0 Å². The number of hydrogen-bond acceptors (Lipinski definition) is 7. The van der Waals surface area contributed by atoms with Crippen LogP contribution < -0.4 is 15.4 Å². The molecule has 15 heteroatoms. The van der Waals surface area contributed by atoms with Crippen LogP contribution >= 0.6 is 0 Å². The van der Waals surface area contributed by atoms with Crippen LogP contribution in [-0.4, -0.2) is 90.4 Å². The summed E-state index contributed by atoms with van der Waals surface area (Å²) in [6.07, 6.45) is 10.3. The molecule has 0 bridgehead atoms. The number of rotatable bonds is 10. The Morgan fingerprint density at radius 3 is 2.25 bits per heavy atom. The van der Waals surface area contributed by atoms with Gasteiger partial charge in [0.15, 0.2) is 0 Å². The molecule has 13 nitrogen and oxygen atoms in total. The molecular formula is C40H59FN6O7S. The van der Waals surface area contributed by atoms with E-state index in [-0.39, 0.29) is 35.3 Å². The van der Waals surface area contributed by atoms with Crippen molar-refractivity contribution in [3.63, 3.8) is 0 Å². The third kappa shape index (κ3) is 9.64. The van der Waals surface area contributed by atoms with Crippen LogP contribution in [0.15, 0.2) is 18.2 Å². The Morgan fingerprint density at radius 1 is 0.927 bits per heavy atom.